The van der Waals surface area contributed by atoms with Gasteiger partial charge in [0.25, 0.3) is 0 Å². The molecule has 0 heterocycles. The van der Waals surface area contributed by atoms with Crippen LogP contribution >= 0.6 is 0 Å². The number of hydrogen-bond acceptors (Lipinski definition) is 6. The van der Waals surface area contributed by atoms with Crippen molar-refractivity contribution in [2.24, 2.45) is 0 Å². The molecule has 6 heteroatoms. The summed E-state index contributed by atoms with van der Waals surface area (Å²) >= 11 is 0. The molecule has 0 N–H and O–H groups in total. The van der Waals surface area contributed by atoms with Crippen molar-refractivity contribution in [3.8, 4) is 0 Å². The number of ether oxygens (including phenoxy) is 3. The van der Waals surface area contributed by atoms with Crippen molar-refractivity contribution >= 4 is 17.9 Å². The Bertz CT molecular complexity index is 1290. The van der Waals surface area contributed by atoms with Gasteiger partial charge in [0, 0.05) is 19.3 Å². The van der Waals surface area contributed by atoms with E-state index in [1.165, 1.54) is 141 Å². The fraction of sp³-hybridized carbons (Fsp3) is 0.762. The summed E-state index contributed by atoms with van der Waals surface area (Å²) in [6, 6.07) is 0. The number of unbranched alkanes of at least 4 members (excludes halogenated alkanes) is 30. The first-order chi connectivity index (χ1) is 34.0. The summed E-state index contributed by atoms with van der Waals surface area (Å²) in [5.74, 6) is -0.883. The van der Waals surface area contributed by atoms with Crippen LogP contribution in [0.25, 0.3) is 0 Å². The standard InChI is InChI=1S/C63H110O6/c1-4-7-10-13-16-19-22-25-26-27-28-29-30-31-32-33-34-35-36-39-41-44-47-50-53-56-62(65)68-59-60(69-63(66)57-54-51-48-45-42-38-24-21-18-15-12-9-6-3)58-67-61(64)55-52-49-46-43-40-37-23-20-17-14-11-8-5-2/h7,10,16,19,21,24-26,28-29,31-32,60H,4-6,8-9,11-15,17-18,20,22-23,27,30,33-59H2,1-3H3/b10-7-,19-16-,24-21-,26-25-,29-28-,32-31-. The summed E-state index contributed by atoms with van der Waals surface area (Å²) in [6.07, 6.45) is 73.2. The zero-order chi connectivity index (χ0) is 50.0. The molecule has 0 aliphatic rings. The lowest BCUT2D eigenvalue weighted by Gasteiger charge is -2.18. The number of allylic oxidation sites excluding steroid dienone is 12. The Labute approximate surface area is 427 Å². The average Bonchev–Trinajstić information content (AvgIpc) is 3.35. The molecule has 0 bridgehead atoms. The Morgan fingerprint density at radius 3 is 0.913 bits per heavy atom. The molecule has 1 atom stereocenters. The lowest BCUT2D eigenvalue weighted by atomic mass is 10.0. The molecule has 0 aliphatic carbocycles. The average molecular weight is 964 g/mol. The zero-order valence-corrected chi connectivity index (χ0v) is 45.6. The second-order valence-electron chi connectivity index (χ2n) is 19.5. The topological polar surface area (TPSA) is 78.9 Å². The molecule has 0 radical (unpaired) electrons. The van der Waals surface area contributed by atoms with Crippen molar-refractivity contribution in [2.45, 2.75) is 297 Å². The molecule has 0 spiro atoms. The molecule has 0 aromatic rings. The van der Waals surface area contributed by atoms with Gasteiger partial charge >= 0.3 is 17.9 Å². The SMILES string of the molecule is CC/C=C\C/C=C\C/C=C\C/C=C\C/C=C\CCCCCCCCCCCC(=O)OCC(COC(=O)CCCCCCCCCCCCCCC)OC(=O)CCCCCCC/C=C\CCCCCC. The number of carbonyl (C=O) groups excluding carboxylic acids is 3. The maximum Gasteiger partial charge on any atom is 0.306 e. The van der Waals surface area contributed by atoms with Crippen LogP contribution in [0.4, 0.5) is 0 Å². The number of esters is 3. The molecule has 0 aromatic carbocycles. The van der Waals surface area contributed by atoms with Crippen molar-refractivity contribution < 1.29 is 28.6 Å². The molecule has 0 aromatic heterocycles. The third-order valence-corrected chi connectivity index (χ3v) is 12.7. The summed E-state index contributed by atoms with van der Waals surface area (Å²) in [4.78, 5) is 38.1. The Hall–Kier alpha value is -3.15. The van der Waals surface area contributed by atoms with Crippen molar-refractivity contribution in [2.75, 3.05) is 13.2 Å². The first kappa shape index (κ1) is 65.8. The summed E-state index contributed by atoms with van der Waals surface area (Å²) in [7, 11) is 0. The van der Waals surface area contributed by atoms with E-state index in [4.69, 9.17) is 14.2 Å². The molecule has 0 saturated carbocycles. The quantitative estimate of drug-likeness (QED) is 0.0262. The first-order valence-corrected chi connectivity index (χ1v) is 29.4. The largest absolute Gasteiger partial charge is 0.462 e. The van der Waals surface area contributed by atoms with E-state index < -0.39 is 6.10 Å². The van der Waals surface area contributed by atoms with Crippen LogP contribution in [0.1, 0.15) is 290 Å². The second-order valence-corrected chi connectivity index (χ2v) is 19.5. The van der Waals surface area contributed by atoms with E-state index in [1.807, 2.05) is 0 Å². The van der Waals surface area contributed by atoms with E-state index in [-0.39, 0.29) is 31.1 Å². The van der Waals surface area contributed by atoms with E-state index in [9.17, 15) is 14.4 Å². The highest BCUT2D eigenvalue weighted by Gasteiger charge is 2.19. The van der Waals surface area contributed by atoms with Gasteiger partial charge in [-0.25, -0.2) is 0 Å². The maximum absolute atomic E-state index is 12.8. The van der Waals surface area contributed by atoms with Crippen LogP contribution in [0, 0.1) is 0 Å². The minimum absolute atomic E-state index is 0.0776. The normalized spacial score (nSPS) is 12.6. The fourth-order valence-corrected chi connectivity index (χ4v) is 8.29. The summed E-state index contributed by atoms with van der Waals surface area (Å²) in [5.41, 5.74) is 0. The predicted molar refractivity (Wildman–Crippen MR) is 298 cm³/mol. The van der Waals surface area contributed by atoms with Gasteiger partial charge in [-0.1, -0.05) is 254 Å². The van der Waals surface area contributed by atoms with E-state index in [0.29, 0.717) is 19.3 Å². The number of rotatable bonds is 53. The Morgan fingerprint density at radius 2 is 0.565 bits per heavy atom. The van der Waals surface area contributed by atoms with Gasteiger partial charge in [0.05, 0.1) is 0 Å². The summed E-state index contributed by atoms with van der Waals surface area (Å²) in [5, 5.41) is 0. The molecule has 0 aliphatic heterocycles. The molecule has 398 valence electrons. The van der Waals surface area contributed by atoms with Gasteiger partial charge in [-0.15, -0.1) is 0 Å². The van der Waals surface area contributed by atoms with Crippen LogP contribution in [0.3, 0.4) is 0 Å². The van der Waals surface area contributed by atoms with Crippen molar-refractivity contribution in [3.05, 3.63) is 72.9 Å². The molecule has 0 rings (SSSR count). The zero-order valence-electron chi connectivity index (χ0n) is 45.6. The van der Waals surface area contributed by atoms with Crippen LogP contribution in [-0.2, 0) is 28.6 Å². The molecule has 69 heavy (non-hydrogen) atoms. The lowest BCUT2D eigenvalue weighted by molar-refractivity contribution is -0.167. The Kier molecular flexibility index (Phi) is 54.8. The molecule has 0 fully saturated rings. The fourth-order valence-electron chi connectivity index (χ4n) is 8.29. The van der Waals surface area contributed by atoms with Gasteiger partial charge in [0.2, 0.25) is 0 Å². The van der Waals surface area contributed by atoms with Crippen molar-refractivity contribution in [3.63, 3.8) is 0 Å². The van der Waals surface area contributed by atoms with Crippen LogP contribution in [0.2, 0.25) is 0 Å². The number of carbonyl (C=O) groups is 3. The molecular formula is C63H110O6. The highest BCUT2D eigenvalue weighted by Crippen LogP contribution is 2.16. The van der Waals surface area contributed by atoms with E-state index in [2.05, 4.69) is 93.7 Å². The highest BCUT2D eigenvalue weighted by molar-refractivity contribution is 5.71. The van der Waals surface area contributed by atoms with Gasteiger partial charge in [0.15, 0.2) is 6.10 Å². The number of hydrogen-bond donors (Lipinski definition) is 0. The monoisotopic (exact) mass is 963 g/mol. The summed E-state index contributed by atoms with van der Waals surface area (Å²) in [6.45, 7) is 6.52. The van der Waals surface area contributed by atoms with Gasteiger partial charge in [-0.2, -0.15) is 0 Å². The van der Waals surface area contributed by atoms with E-state index >= 15 is 0 Å². The second kappa shape index (κ2) is 57.4. The lowest BCUT2D eigenvalue weighted by Crippen LogP contribution is -2.30. The van der Waals surface area contributed by atoms with Crippen molar-refractivity contribution in [1.82, 2.24) is 0 Å². The van der Waals surface area contributed by atoms with Crippen LogP contribution in [-0.4, -0.2) is 37.2 Å². The molecule has 0 saturated heterocycles. The maximum atomic E-state index is 12.8. The Morgan fingerprint density at radius 1 is 0.304 bits per heavy atom. The summed E-state index contributed by atoms with van der Waals surface area (Å²) < 4.78 is 16.9. The van der Waals surface area contributed by atoms with Gasteiger partial charge < -0.3 is 14.2 Å². The molecular weight excluding hydrogens is 853 g/mol. The molecule has 0 amide bonds. The third-order valence-electron chi connectivity index (χ3n) is 12.7. The first-order valence-electron chi connectivity index (χ1n) is 29.4. The van der Waals surface area contributed by atoms with Crippen LogP contribution in [0.5, 0.6) is 0 Å². The van der Waals surface area contributed by atoms with Gasteiger partial charge in [-0.05, 0) is 89.9 Å². The molecule has 6 nitrogen and oxygen atoms in total. The van der Waals surface area contributed by atoms with Gasteiger partial charge in [0.1, 0.15) is 13.2 Å². The van der Waals surface area contributed by atoms with E-state index in [1.54, 1.807) is 0 Å². The predicted octanol–water partition coefficient (Wildman–Crippen LogP) is 19.8. The minimum atomic E-state index is -0.780. The smallest absolute Gasteiger partial charge is 0.306 e. The van der Waals surface area contributed by atoms with Crippen LogP contribution in [0.15, 0.2) is 72.9 Å². The van der Waals surface area contributed by atoms with Gasteiger partial charge in [-0.3, -0.25) is 14.4 Å². The third kappa shape index (κ3) is 55.6. The molecule has 1 unspecified atom stereocenters. The Balaban J connectivity index is 4.29. The highest BCUT2D eigenvalue weighted by atomic mass is 16.6. The van der Waals surface area contributed by atoms with E-state index in [0.717, 1.165) is 109 Å². The van der Waals surface area contributed by atoms with Crippen LogP contribution < -0.4 is 0 Å². The minimum Gasteiger partial charge on any atom is -0.462 e. The van der Waals surface area contributed by atoms with Crippen molar-refractivity contribution in [1.29, 1.82) is 0 Å².